The lowest BCUT2D eigenvalue weighted by Crippen LogP contribution is -2.36. The smallest absolute Gasteiger partial charge is 0.237 e. The molecule has 1 amide bonds. The summed E-state index contributed by atoms with van der Waals surface area (Å²) in [6, 6.07) is 12.4. The van der Waals surface area contributed by atoms with Gasteiger partial charge in [-0.05, 0) is 87.2 Å². The summed E-state index contributed by atoms with van der Waals surface area (Å²) in [7, 11) is 0. The number of fused-ring (bicyclic) bond motifs is 2. The summed E-state index contributed by atoms with van der Waals surface area (Å²) in [4.78, 5) is 16.2. The maximum Gasteiger partial charge on any atom is 0.237 e. The van der Waals surface area contributed by atoms with Crippen LogP contribution in [-0.2, 0) is 23.1 Å². The number of hydrogen-bond donors (Lipinski definition) is 1. The Balaban J connectivity index is 1.43. The third kappa shape index (κ3) is 4.08. The van der Waals surface area contributed by atoms with Gasteiger partial charge in [-0.25, -0.2) is 0 Å². The molecule has 0 aliphatic carbocycles. The molecule has 0 bridgehead atoms. The van der Waals surface area contributed by atoms with Gasteiger partial charge in [0, 0.05) is 17.1 Å². The fraction of sp³-hybridized carbons (Fsp3) is 0.458. The monoisotopic (exact) mass is 428 g/mol. The first-order valence-electron chi connectivity index (χ1n) is 10.6. The normalized spacial score (nSPS) is 18.2. The van der Waals surface area contributed by atoms with Gasteiger partial charge in [0.1, 0.15) is 0 Å². The SMILES string of the molecule is CC1(C)C(=O)N(CCCSc2c(Cl)ccc3c2CCCNCC3)c2ccccc21. The second-order valence-electron chi connectivity index (χ2n) is 8.42. The van der Waals surface area contributed by atoms with Gasteiger partial charge in [-0.3, -0.25) is 4.79 Å². The van der Waals surface area contributed by atoms with Gasteiger partial charge >= 0.3 is 0 Å². The average Bonchev–Trinajstić information content (AvgIpc) is 2.88. The zero-order valence-electron chi connectivity index (χ0n) is 17.3. The van der Waals surface area contributed by atoms with Crippen molar-refractivity contribution in [3.8, 4) is 0 Å². The van der Waals surface area contributed by atoms with Gasteiger partial charge < -0.3 is 10.2 Å². The average molecular weight is 429 g/mol. The summed E-state index contributed by atoms with van der Waals surface area (Å²) in [6.07, 6.45) is 4.24. The second-order valence-corrected chi connectivity index (χ2v) is 9.93. The maximum absolute atomic E-state index is 13.0. The summed E-state index contributed by atoms with van der Waals surface area (Å²) in [5.41, 5.74) is 4.64. The van der Waals surface area contributed by atoms with E-state index in [4.69, 9.17) is 11.6 Å². The van der Waals surface area contributed by atoms with Gasteiger partial charge in [0.2, 0.25) is 5.91 Å². The van der Waals surface area contributed by atoms with Crippen molar-refractivity contribution < 1.29 is 4.79 Å². The van der Waals surface area contributed by atoms with E-state index in [0.717, 1.165) is 67.3 Å². The molecular formula is C24H29ClN2OS. The van der Waals surface area contributed by atoms with Crippen LogP contribution in [0.25, 0.3) is 0 Å². The van der Waals surface area contributed by atoms with E-state index in [1.807, 2.05) is 48.7 Å². The van der Waals surface area contributed by atoms with E-state index in [9.17, 15) is 4.79 Å². The lowest BCUT2D eigenvalue weighted by atomic mass is 9.86. The summed E-state index contributed by atoms with van der Waals surface area (Å²) in [5.74, 6) is 1.17. The molecule has 0 spiro atoms. The number of anilines is 1. The number of nitrogens with one attached hydrogen (secondary N) is 1. The van der Waals surface area contributed by atoms with Crippen molar-refractivity contribution in [2.45, 2.75) is 49.8 Å². The first kappa shape index (κ1) is 20.8. The molecular weight excluding hydrogens is 400 g/mol. The standard InChI is InChI=1S/C24H29ClN2OS/c1-24(2)19-8-3-4-9-21(19)27(23(24)28)15-6-16-29-22-18-7-5-13-26-14-12-17(18)10-11-20(22)25/h3-4,8-11,26H,5-7,12-16H2,1-2H3. The molecule has 0 fully saturated rings. The number of amides is 1. The van der Waals surface area contributed by atoms with Crippen LogP contribution in [0.15, 0.2) is 41.3 Å². The van der Waals surface area contributed by atoms with Crippen LogP contribution in [0.1, 0.15) is 43.4 Å². The van der Waals surface area contributed by atoms with Crippen LogP contribution in [0.5, 0.6) is 0 Å². The minimum Gasteiger partial charge on any atom is -0.316 e. The van der Waals surface area contributed by atoms with Crippen molar-refractivity contribution in [3.63, 3.8) is 0 Å². The number of hydrogen-bond acceptors (Lipinski definition) is 3. The zero-order chi connectivity index (χ0) is 20.4. The highest BCUT2D eigenvalue weighted by Gasteiger charge is 2.43. The number of benzene rings is 2. The minimum atomic E-state index is -0.434. The van der Waals surface area contributed by atoms with E-state index in [-0.39, 0.29) is 5.91 Å². The topological polar surface area (TPSA) is 32.3 Å². The number of nitrogens with zero attached hydrogens (tertiary/aromatic N) is 1. The van der Waals surface area contributed by atoms with Crippen molar-refractivity contribution >= 4 is 35.0 Å². The predicted octanol–water partition coefficient (Wildman–Crippen LogP) is 5.22. The highest BCUT2D eigenvalue weighted by molar-refractivity contribution is 7.99. The van der Waals surface area contributed by atoms with Crippen LogP contribution < -0.4 is 10.2 Å². The Kier molecular flexibility index (Phi) is 6.24. The molecule has 0 saturated heterocycles. The molecule has 0 aromatic heterocycles. The molecule has 0 unspecified atom stereocenters. The number of rotatable bonds is 5. The molecule has 154 valence electrons. The Hall–Kier alpha value is -1.49. The van der Waals surface area contributed by atoms with Crippen molar-refractivity contribution in [3.05, 3.63) is 58.1 Å². The van der Waals surface area contributed by atoms with E-state index >= 15 is 0 Å². The number of carbonyl (C=O) groups is 1. The predicted molar refractivity (Wildman–Crippen MR) is 124 cm³/mol. The number of halogens is 1. The van der Waals surface area contributed by atoms with Gasteiger partial charge in [-0.1, -0.05) is 35.9 Å². The maximum atomic E-state index is 13.0. The molecule has 2 aliphatic rings. The van der Waals surface area contributed by atoms with Gasteiger partial charge in [0.05, 0.1) is 10.4 Å². The molecule has 4 rings (SSSR count). The van der Waals surface area contributed by atoms with E-state index in [0.29, 0.717) is 0 Å². The van der Waals surface area contributed by atoms with E-state index in [1.54, 1.807) is 0 Å². The lowest BCUT2D eigenvalue weighted by molar-refractivity contribution is -0.122. The third-order valence-electron chi connectivity index (χ3n) is 6.08. The van der Waals surface area contributed by atoms with E-state index < -0.39 is 5.41 Å². The van der Waals surface area contributed by atoms with Crippen LogP contribution in [-0.4, -0.2) is 31.3 Å². The first-order chi connectivity index (χ1) is 14.0. The zero-order valence-corrected chi connectivity index (χ0v) is 18.8. The minimum absolute atomic E-state index is 0.207. The van der Waals surface area contributed by atoms with Crippen LogP contribution >= 0.6 is 23.4 Å². The molecule has 2 aromatic rings. The summed E-state index contributed by atoms with van der Waals surface area (Å²) in [5, 5.41) is 4.35. The fourth-order valence-corrected chi connectivity index (χ4v) is 5.89. The molecule has 5 heteroatoms. The number of carbonyl (C=O) groups excluding carboxylic acids is 1. The number of thioether (sulfide) groups is 1. The molecule has 3 nitrogen and oxygen atoms in total. The molecule has 2 heterocycles. The Labute approximate surface area is 183 Å². The van der Waals surface area contributed by atoms with Crippen molar-refractivity contribution in [2.24, 2.45) is 0 Å². The summed E-state index contributed by atoms with van der Waals surface area (Å²) in [6.45, 7) is 6.91. The molecule has 29 heavy (non-hydrogen) atoms. The lowest BCUT2D eigenvalue weighted by Gasteiger charge is -2.21. The molecule has 0 atom stereocenters. The first-order valence-corrected chi connectivity index (χ1v) is 11.9. The quantitative estimate of drug-likeness (QED) is 0.523. The van der Waals surface area contributed by atoms with Crippen LogP contribution in [0.4, 0.5) is 5.69 Å². The van der Waals surface area contributed by atoms with Gasteiger partial charge in [-0.15, -0.1) is 11.8 Å². The highest BCUT2D eigenvalue weighted by Crippen LogP contribution is 2.41. The Morgan fingerprint density at radius 2 is 1.97 bits per heavy atom. The highest BCUT2D eigenvalue weighted by atomic mass is 35.5. The van der Waals surface area contributed by atoms with Crippen molar-refractivity contribution in [1.82, 2.24) is 5.32 Å². The molecule has 2 aromatic carbocycles. The molecule has 0 saturated carbocycles. The fourth-order valence-electron chi connectivity index (χ4n) is 4.46. The molecule has 0 radical (unpaired) electrons. The Morgan fingerprint density at radius 1 is 1.14 bits per heavy atom. The molecule has 2 aliphatic heterocycles. The van der Waals surface area contributed by atoms with Crippen molar-refractivity contribution in [1.29, 1.82) is 0 Å². The van der Waals surface area contributed by atoms with Gasteiger partial charge in [0.25, 0.3) is 0 Å². The van der Waals surface area contributed by atoms with Crippen LogP contribution in [0.3, 0.4) is 0 Å². The van der Waals surface area contributed by atoms with Crippen LogP contribution in [0.2, 0.25) is 5.02 Å². The van der Waals surface area contributed by atoms with E-state index in [2.05, 4.69) is 23.5 Å². The van der Waals surface area contributed by atoms with Crippen LogP contribution in [0, 0.1) is 0 Å². The second kappa shape index (κ2) is 8.71. The summed E-state index contributed by atoms with van der Waals surface area (Å²) < 4.78 is 0. The molecule has 1 N–H and O–H groups in total. The van der Waals surface area contributed by atoms with Gasteiger partial charge in [0.15, 0.2) is 0 Å². The van der Waals surface area contributed by atoms with E-state index in [1.165, 1.54) is 16.0 Å². The Morgan fingerprint density at radius 3 is 2.83 bits per heavy atom. The largest absolute Gasteiger partial charge is 0.316 e. The third-order valence-corrected chi connectivity index (χ3v) is 7.76. The van der Waals surface area contributed by atoms with Gasteiger partial charge in [-0.2, -0.15) is 0 Å². The summed E-state index contributed by atoms with van der Waals surface area (Å²) >= 11 is 8.44. The number of para-hydroxylation sites is 1. The van der Waals surface area contributed by atoms with Crippen molar-refractivity contribution in [2.75, 3.05) is 30.3 Å². The Bertz CT molecular complexity index is 912.